The summed E-state index contributed by atoms with van der Waals surface area (Å²) in [5, 5.41) is 0.731. The highest BCUT2D eigenvalue weighted by Gasteiger charge is 2.25. The predicted molar refractivity (Wildman–Crippen MR) is 90.1 cm³/mol. The fourth-order valence-electron chi connectivity index (χ4n) is 3.02. The first-order valence-electron chi connectivity index (χ1n) is 7.21. The van der Waals surface area contributed by atoms with Gasteiger partial charge in [0.05, 0.1) is 0 Å². The van der Waals surface area contributed by atoms with E-state index in [0.717, 1.165) is 46.3 Å². The first-order chi connectivity index (χ1) is 10.1. The van der Waals surface area contributed by atoms with E-state index >= 15 is 0 Å². The highest BCUT2D eigenvalue weighted by atomic mass is 79.9. The van der Waals surface area contributed by atoms with Crippen LogP contribution in [0.4, 0.5) is 0 Å². The van der Waals surface area contributed by atoms with Gasteiger partial charge in [0.25, 0.3) is 0 Å². The number of rotatable bonds is 2. The van der Waals surface area contributed by atoms with Gasteiger partial charge in [-0.15, -0.1) is 0 Å². The number of hydrogen-bond donors (Lipinski definition) is 0. The van der Waals surface area contributed by atoms with Crippen molar-refractivity contribution in [1.82, 2.24) is 0 Å². The molecule has 0 bridgehead atoms. The van der Waals surface area contributed by atoms with Gasteiger partial charge in [-0.05, 0) is 48.9 Å². The molecule has 108 valence electrons. The van der Waals surface area contributed by atoms with Gasteiger partial charge in [0.15, 0.2) is 5.78 Å². The average Bonchev–Trinajstić information content (AvgIpc) is 2.63. The van der Waals surface area contributed by atoms with Gasteiger partial charge in [0.2, 0.25) is 0 Å². The minimum absolute atomic E-state index is 0.0346. The summed E-state index contributed by atoms with van der Waals surface area (Å²) in [7, 11) is 0. The molecule has 0 aliphatic heterocycles. The third kappa shape index (κ3) is 3.22. The lowest BCUT2D eigenvalue weighted by Crippen LogP contribution is -2.17. The summed E-state index contributed by atoms with van der Waals surface area (Å²) < 4.78 is 0.966. The molecular weight excluding hydrogens is 348 g/mol. The van der Waals surface area contributed by atoms with Gasteiger partial charge in [-0.3, -0.25) is 4.79 Å². The van der Waals surface area contributed by atoms with E-state index in [1.807, 2.05) is 36.4 Å². The molecule has 2 aromatic carbocycles. The normalized spacial score (nSPS) is 18.2. The summed E-state index contributed by atoms with van der Waals surface area (Å²) in [5.41, 5.74) is 3.14. The van der Waals surface area contributed by atoms with E-state index in [9.17, 15) is 4.79 Å². The molecule has 21 heavy (non-hydrogen) atoms. The van der Waals surface area contributed by atoms with Gasteiger partial charge in [-0.1, -0.05) is 57.9 Å². The van der Waals surface area contributed by atoms with Crippen LogP contribution in [0.1, 0.15) is 34.3 Å². The summed E-state index contributed by atoms with van der Waals surface area (Å²) in [6.45, 7) is 0. The number of Topliss-reactive ketones (excluding diaryl/α,β-unsaturated/α-hetero) is 1. The summed E-state index contributed by atoms with van der Waals surface area (Å²) in [6.07, 6.45) is 3.70. The summed E-state index contributed by atoms with van der Waals surface area (Å²) >= 11 is 9.71. The molecule has 0 N–H and O–H groups in total. The summed E-state index contributed by atoms with van der Waals surface area (Å²) in [4.78, 5) is 12.8. The number of halogens is 2. The van der Waals surface area contributed by atoms with E-state index in [1.165, 1.54) is 5.56 Å². The minimum Gasteiger partial charge on any atom is -0.294 e. The second kappa shape index (κ2) is 6.33. The number of hydrogen-bond acceptors (Lipinski definition) is 1. The van der Waals surface area contributed by atoms with Crippen LogP contribution in [0.15, 0.2) is 46.9 Å². The lowest BCUT2D eigenvalue weighted by atomic mass is 9.89. The molecule has 0 saturated carbocycles. The molecule has 0 radical (unpaired) electrons. The Morgan fingerprint density at radius 1 is 1.19 bits per heavy atom. The smallest absolute Gasteiger partial charge is 0.166 e. The van der Waals surface area contributed by atoms with Crippen LogP contribution < -0.4 is 0 Å². The second-order valence-corrected chi connectivity index (χ2v) is 6.87. The van der Waals surface area contributed by atoms with E-state index in [-0.39, 0.29) is 11.7 Å². The Bertz CT molecular complexity index is 681. The first kappa shape index (κ1) is 14.8. The molecule has 1 aliphatic carbocycles. The molecule has 3 rings (SSSR count). The molecular formula is C18H16BrClO. The zero-order chi connectivity index (χ0) is 14.8. The summed E-state index contributed by atoms with van der Waals surface area (Å²) in [5.74, 6) is 0.300. The van der Waals surface area contributed by atoms with Gasteiger partial charge in [-0.25, -0.2) is 0 Å². The molecule has 2 aromatic rings. The molecule has 0 heterocycles. The Morgan fingerprint density at radius 2 is 2.00 bits per heavy atom. The molecule has 3 heteroatoms. The van der Waals surface area contributed by atoms with Gasteiger partial charge < -0.3 is 0 Å². The number of aryl methyl sites for hydroxylation is 1. The van der Waals surface area contributed by atoms with Crippen molar-refractivity contribution in [1.29, 1.82) is 0 Å². The van der Waals surface area contributed by atoms with Crippen molar-refractivity contribution < 1.29 is 4.79 Å². The zero-order valence-corrected chi connectivity index (χ0v) is 14.0. The third-order valence-electron chi connectivity index (χ3n) is 4.13. The van der Waals surface area contributed by atoms with E-state index in [1.54, 1.807) is 0 Å². The maximum absolute atomic E-state index is 12.8. The predicted octanol–water partition coefficient (Wildman–Crippen LogP) is 5.48. The van der Waals surface area contributed by atoms with Gasteiger partial charge in [0, 0.05) is 21.0 Å². The largest absolute Gasteiger partial charge is 0.294 e. The molecule has 0 saturated heterocycles. The van der Waals surface area contributed by atoms with Crippen LogP contribution in [0, 0.1) is 5.92 Å². The van der Waals surface area contributed by atoms with Gasteiger partial charge >= 0.3 is 0 Å². The second-order valence-electron chi connectivity index (χ2n) is 5.55. The molecule has 1 atom stereocenters. The van der Waals surface area contributed by atoms with E-state index in [4.69, 9.17) is 11.6 Å². The number of carbonyl (C=O) groups is 1. The zero-order valence-electron chi connectivity index (χ0n) is 11.6. The molecule has 1 unspecified atom stereocenters. The number of ketones is 1. The van der Waals surface area contributed by atoms with Gasteiger partial charge in [0.1, 0.15) is 0 Å². The van der Waals surface area contributed by atoms with Crippen LogP contribution in [0.5, 0.6) is 0 Å². The maximum atomic E-state index is 12.8. The molecule has 0 amide bonds. The fourth-order valence-corrected chi connectivity index (χ4v) is 3.77. The molecule has 1 aliphatic rings. The fraction of sp³-hybridized carbons (Fsp3) is 0.278. The van der Waals surface area contributed by atoms with Crippen molar-refractivity contribution >= 4 is 33.3 Å². The van der Waals surface area contributed by atoms with E-state index in [2.05, 4.69) is 22.0 Å². The highest BCUT2D eigenvalue weighted by molar-refractivity contribution is 9.10. The molecule has 0 aromatic heterocycles. The SMILES string of the molecule is O=C1c2ccccc2CCCC1Cc1ccc(Br)cc1Cl. The molecule has 0 fully saturated rings. The van der Waals surface area contributed by atoms with E-state index in [0.29, 0.717) is 0 Å². The van der Waals surface area contributed by atoms with Crippen molar-refractivity contribution in [3.63, 3.8) is 0 Å². The Labute approximate surface area is 138 Å². The van der Waals surface area contributed by atoms with Gasteiger partial charge in [-0.2, -0.15) is 0 Å². The maximum Gasteiger partial charge on any atom is 0.166 e. The van der Waals surface area contributed by atoms with Crippen LogP contribution in [0.2, 0.25) is 5.02 Å². The third-order valence-corrected chi connectivity index (χ3v) is 4.98. The minimum atomic E-state index is 0.0346. The first-order valence-corrected chi connectivity index (χ1v) is 8.38. The monoisotopic (exact) mass is 362 g/mol. The van der Waals surface area contributed by atoms with Crippen molar-refractivity contribution in [3.05, 3.63) is 68.7 Å². The highest BCUT2D eigenvalue weighted by Crippen LogP contribution is 2.30. The number of carbonyl (C=O) groups excluding carboxylic acids is 1. The number of fused-ring (bicyclic) bond motifs is 1. The molecule has 1 nitrogen and oxygen atoms in total. The van der Waals surface area contributed by atoms with Crippen LogP contribution in [0.25, 0.3) is 0 Å². The Hall–Kier alpha value is -1.12. The van der Waals surface area contributed by atoms with Crippen LogP contribution in [-0.4, -0.2) is 5.78 Å². The van der Waals surface area contributed by atoms with Crippen LogP contribution in [-0.2, 0) is 12.8 Å². The Morgan fingerprint density at radius 3 is 2.81 bits per heavy atom. The van der Waals surface area contributed by atoms with Crippen LogP contribution >= 0.6 is 27.5 Å². The van der Waals surface area contributed by atoms with Crippen molar-refractivity contribution in [3.8, 4) is 0 Å². The Kier molecular flexibility index (Phi) is 4.46. The van der Waals surface area contributed by atoms with E-state index < -0.39 is 0 Å². The van der Waals surface area contributed by atoms with Crippen molar-refractivity contribution in [2.75, 3.05) is 0 Å². The van der Waals surface area contributed by atoms with Crippen molar-refractivity contribution in [2.45, 2.75) is 25.7 Å². The quantitative estimate of drug-likeness (QED) is 0.646. The number of benzene rings is 2. The lowest BCUT2D eigenvalue weighted by Gasteiger charge is -2.15. The Balaban J connectivity index is 1.87. The average molecular weight is 364 g/mol. The summed E-state index contributed by atoms with van der Waals surface area (Å²) in [6, 6.07) is 13.9. The molecule has 0 spiro atoms. The van der Waals surface area contributed by atoms with Crippen LogP contribution in [0.3, 0.4) is 0 Å². The van der Waals surface area contributed by atoms with Crippen molar-refractivity contribution in [2.24, 2.45) is 5.92 Å². The topological polar surface area (TPSA) is 17.1 Å². The lowest BCUT2D eigenvalue weighted by molar-refractivity contribution is 0.0915. The standard InChI is InChI=1S/C18H16BrClO/c19-15-9-8-13(17(20)11-15)10-14-6-3-5-12-4-1-2-7-16(12)18(14)21/h1-2,4,7-9,11,14H,3,5-6,10H2.